The standard InChI is InChI=1S/C22H19N7O/c1-2-4-17(5-3-1)29-22-18(14-24-29)21(28-8-10-30-11-9-28)25-20(26-22)15-6-7-19-16(12-15)13-23-27-19/h1-7,12-14H,8-11H2,(H,23,27). The molecule has 6 rings (SSSR count). The van der Waals surface area contributed by atoms with Gasteiger partial charge in [0, 0.05) is 24.0 Å². The van der Waals surface area contributed by atoms with E-state index in [2.05, 4.69) is 26.3 Å². The maximum Gasteiger partial charge on any atom is 0.169 e. The Morgan fingerprint density at radius 1 is 0.933 bits per heavy atom. The summed E-state index contributed by atoms with van der Waals surface area (Å²) in [4.78, 5) is 12.2. The molecule has 1 N–H and O–H groups in total. The molecule has 1 saturated heterocycles. The second-order valence-electron chi connectivity index (χ2n) is 7.27. The lowest BCUT2D eigenvalue weighted by Crippen LogP contribution is -2.37. The van der Waals surface area contributed by atoms with Gasteiger partial charge in [-0.3, -0.25) is 5.10 Å². The molecule has 1 fully saturated rings. The quantitative estimate of drug-likeness (QED) is 0.503. The zero-order valence-electron chi connectivity index (χ0n) is 16.2. The molecule has 0 saturated carbocycles. The van der Waals surface area contributed by atoms with Crippen molar-refractivity contribution in [1.29, 1.82) is 0 Å². The topological polar surface area (TPSA) is 84.8 Å². The van der Waals surface area contributed by atoms with Crippen LogP contribution in [0.1, 0.15) is 0 Å². The molecule has 2 aromatic carbocycles. The van der Waals surface area contributed by atoms with Gasteiger partial charge in [-0.1, -0.05) is 18.2 Å². The Bertz CT molecular complexity index is 1340. The molecule has 8 heteroatoms. The van der Waals surface area contributed by atoms with E-state index in [0.29, 0.717) is 19.0 Å². The zero-order chi connectivity index (χ0) is 19.9. The summed E-state index contributed by atoms with van der Waals surface area (Å²) in [7, 11) is 0. The fourth-order valence-corrected chi connectivity index (χ4v) is 3.88. The molecule has 5 aromatic rings. The number of aromatic nitrogens is 6. The van der Waals surface area contributed by atoms with Gasteiger partial charge in [0.1, 0.15) is 5.82 Å². The maximum absolute atomic E-state index is 5.55. The number of hydrogen-bond donors (Lipinski definition) is 1. The Morgan fingerprint density at radius 3 is 2.67 bits per heavy atom. The Balaban J connectivity index is 1.58. The molecule has 3 aromatic heterocycles. The number of nitrogens with zero attached hydrogens (tertiary/aromatic N) is 6. The number of ether oxygens (including phenoxy) is 1. The number of hydrogen-bond acceptors (Lipinski definition) is 6. The predicted octanol–water partition coefficient (Wildman–Crippen LogP) is 3.20. The number of anilines is 1. The van der Waals surface area contributed by atoms with Crippen molar-refractivity contribution in [2.75, 3.05) is 31.2 Å². The third kappa shape index (κ3) is 2.81. The van der Waals surface area contributed by atoms with Crippen LogP contribution in [0.3, 0.4) is 0 Å². The third-order valence-electron chi connectivity index (χ3n) is 5.42. The van der Waals surface area contributed by atoms with E-state index in [1.165, 1.54) is 0 Å². The highest BCUT2D eigenvalue weighted by molar-refractivity contribution is 5.90. The Labute approximate surface area is 172 Å². The molecule has 0 unspecified atom stereocenters. The van der Waals surface area contributed by atoms with Gasteiger partial charge in [0.25, 0.3) is 0 Å². The van der Waals surface area contributed by atoms with Crippen LogP contribution in [0.25, 0.3) is 39.0 Å². The number of benzene rings is 2. The van der Waals surface area contributed by atoms with Crippen molar-refractivity contribution < 1.29 is 4.74 Å². The molecular formula is C22H19N7O. The predicted molar refractivity (Wildman–Crippen MR) is 115 cm³/mol. The average Bonchev–Trinajstić information content (AvgIpc) is 3.46. The van der Waals surface area contributed by atoms with E-state index in [0.717, 1.165) is 52.1 Å². The molecule has 0 bridgehead atoms. The number of morpholine rings is 1. The van der Waals surface area contributed by atoms with E-state index in [9.17, 15) is 0 Å². The highest BCUT2D eigenvalue weighted by Gasteiger charge is 2.21. The van der Waals surface area contributed by atoms with Crippen molar-refractivity contribution in [3.63, 3.8) is 0 Å². The molecule has 30 heavy (non-hydrogen) atoms. The van der Waals surface area contributed by atoms with Crippen LogP contribution in [0.2, 0.25) is 0 Å². The Morgan fingerprint density at radius 2 is 1.80 bits per heavy atom. The normalized spacial score (nSPS) is 14.6. The lowest BCUT2D eigenvalue weighted by Gasteiger charge is -2.28. The van der Waals surface area contributed by atoms with Crippen molar-refractivity contribution in [1.82, 2.24) is 29.9 Å². The monoisotopic (exact) mass is 397 g/mol. The summed E-state index contributed by atoms with van der Waals surface area (Å²) in [6.45, 7) is 2.97. The average molecular weight is 397 g/mol. The first-order valence-electron chi connectivity index (χ1n) is 9.94. The van der Waals surface area contributed by atoms with Gasteiger partial charge in [0.2, 0.25) is 0 Å². The summed E-state index contributed by atoms with van der Waals surface area (Å²) >= 11 is 0. The van der Waals surface area contributed by atoms with Gasteiger partial charge >= 0.3 is 0 Å². The summed E-state index contributed by atoms with van der Waals surface area (Å²) in [6.07, 6.45) is 3.67. The van der Waals surface area contributed by atoms with Gasteiger partial charge in [-0.25, -0.2) is 14.6 Å². The van der Waals surface area contributed by atoms with Gasteiger partial charge in [-0.2, -0.15) is 10.2 Å². The minimum atomic E-state index is 0.671. The zero-order valence-corrected chi connectivity index (χ0v) is 16.2. The van der Waals surface area contributed by atoms with Crippen LogP contribution in [0.5, 0.6) is 0 Å². The minimum absolute atomic E-state index is 0.671. The van der Waals surface area contributed by atoms with Crippen LogP contribution in [-0.4, -0.2) is 56.2 Å². The van der Waals surface area contributed by atoms with Crippen molar-refractivity contribution in [3.05, 3.63) is 60.9 Å². The maximum atomic E-state index is 5.55. The SMILES string of the molecule is c1ccc(-n2ncc3c(N4CCOCC4)nc(-c4ccc5[nH]ncc5c4)nc32)cc1. The van der Waals surface area contributed by atoms with Gasteiger partial charge in [0.15, 0.2) is 11.5 Å². The molecule has 0 radical (unpaired) electrons. The van der Waals surface area contributed by atoms with E-state index in [1.54, 1.807) is 0 Å². The van der Waals surface area contributed by atoms with Gasteiger partial charge in [-0.05, 0) is 30.3 Å². The summed E-state index contributed by atoms with van der Waals surface area (Å²) in [6, 6.07) is 16.1. The van der Waals surface area contributed by atoms with Gasteiger partial charge < -0.3 is 9.64 Å². The molecule has 148 valence electrons. The van der Waals surface area contributed by atoms with Crippen molar-refractivity contribution >= 4 is 27.8 Å². The lowest BCUT2D eigenvalue weighted by atomic mass is 10.1. The summed E-state index contributed by atoms with van der Waals surface area (Å²) in [5.74, 6) is 1.57. The smallest absolute Gasteiger partial charge is 0.169 e. The van der Waals surface area contributed by atoms with E-state index in [1.807, 2.05) is 59.5 Å². The largest absolute Gasteiger partial charge is 0.378 e. The van der Waals surface area contributed by atoms with Crippen LogP contribution < -0.4 is 4.90 Å². The van der Waals surface area contributed by atoms with Crippen molar-refractivity contribution in [2.45, 2.75) is 0 Å². The lowest BCUT2D eigenvalue weighted by molar-refractivity contribution is 0.122. The highest BCUT2D eigenvalue weighted by Crippen LogP contribution is 2.30. The van der Waals surface area contributed by atoms with Crippen molar-refractivity contribution in [2.24, 2.45) is 0 Å². The minimum Gasteiger partial charge on any atom is -0.378 e. The molecule has 1 aliphatic rings. The van der Waals surface area contributed by atoms with Crippen LogP contribution in [0.4, 0.5) is 5.82 Å². The number of aromatic amines is 1. The van der Waals surface area contributed by atoms with Crippen LogP contribution in [0, 0.1) is 0 Å². The molecule has 0 atom stereocenters. The van der Waals surface area contributed by atoms with Crippen molar-refractivity contribution in [3.8, 4) is 17.1 Å². The first kappa shape index (κ1) is 17.1. The van der Waals surface area contributed by atoms with E-state index >= 15 is 0 Å². The number of nitrogens with one attached hydrogen (secondary N) is 1. The molecule has 4 heterocycles. The van der Waals surface area contributed by atoms with Gasteiger partial charge in [-0.15, -0.1) is 0 Å². The summed E-state index contributed by atoms with van der Waals surface area (Å²) < 4.78 is 7.42. The van der Waals surface area contributed by atoms with Crippen LogP contribution in [0.15, 0.2) is 60.9 Å². The first-order chi connectivity index (χ1) is 14.9. The van der Waals surface area contributed by atoms with E-state index < -0.39 is 0 Å². The Kier molecular flexibility index (Phi) is 3.95. The third-order valence-corrected chi connectivity index (χ3v) is 5.42. The molecule has 1 aliphatic heterocycles. The van der Waals surface area contributed by atoms with Gasteiger partial charge in [0.05, 0.1) is 42.2 Å². The molecule has 0 amide bonds. The Hall–Kier alpha value is -3.78. The molecule has 0 aliphatic carbocycles. The molecular weight excluding hydrogens is 378 g/mol. The number of rotatable bonds is 3. The highest BCUT2D eigenvalue weighted by atomic mass is 16.5. The number of para-hydroxylation sites is 1. The molecule has 8 nitrogen and oxygen atoms in total. The first-order valence-corrected chi connectivity index (χ1v) is 9.94. The van der Waals surface area contributed by atoms with Crippen LogP contribution >= 0.6 is 0 Å². The number of fused-ring (bicyclic) bond motifs is 2. The fourth-order valence-electron chi connectivity index (χ4n) is 3.88. The second-order valence-corrected chi connectivity index (χ2v) is 7.27. The van der Waals surface area contributed by atoms with E-state index in [-0.39, 0.29) is 0 Å². The summed E-state index contributed by atoms with van der Waals surface area (Å²) in [5.41, 5.74) is 3.69. The fraction of sp³-hybridized carbons (Fsp3) is 0.182. The van der Waals surface area contributed by atoms with E-state index in [4.69, 9.17) is 14.7 Å². The molecule has 0 spiro atoms. The second kappa shape index (κ2) is 6.93. The summed E-state index contributed by atoms with van der Waals surface area (Å²) in [5, 5.41) is 13.7. The van der Waals surface area contributed by atoms with Crippen LogP contribution in [-0.2, 0) is 4.74 Å². The number of H-pyrrole nitrogens is 1.